The van der Waals surface area contributed by atoms with Crippen molar-refractivity contribution in [1.82, 2.24) is 0 Å². The van der Waals surface area contributed by atoms with Crippen LogP contribution in [0.4, 0.5) is 0 Å². The summed E-state index contributed by atoms with van der Waals surface area (Å²) < 4.78 is 12.0. The van der Waals surface area contributed by atoms with Crippen LogP contribution in [0.1, 0.15) is 80.1 Å². The maximum Gasteiger partial charge on any atom is 0.172 e. The maximum atomic E-state index is 6.01. The van der Waals surface area contributed by atoms with E-state index >= 15 is 0 Å². The molecular formula is C25H42O2. The lowest BCUT2D eigenvalue weighted by Gasteiger charge is -2.57. The largest absolute Gasteiger partial charge is 0.347 e. The molecule has 27 heavy (non-hydrogen) atoms. The molecule has 1 saturated heterocycles. The van der Waals surface area contributed by atoms with E-state index in [4.69, 9.17) is 9.47 Å². The highest BCUT2D eigenvalue weighted by atomic mass is 16.7. The average molecular weight is 375 g/mol. The molecule has 3 fully saturated rings. The first-order valence-corrected chi connectivity index (χ1v) is 11.6. The zero-order valence-electron chi connectivity index (χ0n) is 18.6. The van der Waals surface area contributed by atoms with Crippen molar-refractivity contribution in [2.24, 2.45) is 35.0 Å². The fourth-order valence-corrected chi connectivity index (χ4v) is 7.02. The summed E-state index contributed by atoms with van der Waals surface area (Å²) in [4.78, 5) is 0. The quantitative estimate of drug-likeness (QED) is 0.497. The molecule has 1 spiro atoms. The lowest BCUT2D eigenvalue weighted by atomic mass is 9.48. The Kier molecular flexibility index (Phi) is 6.28. The van der Waals surface area contributed by atoms with Crippen LogP contribution in [0.25, 0.3) is 0 Å². The van der Waals surface area contributed by atoms with Crippen LogP contribution in [0.3, 0.4) is 0 Å². The molecule has 3 aliphatic carbocycles. The maximum absolute atomic E-state index is 6.01. The molecule has 0 N–H and O–H groups in total. The first-order chi connectivity index (χ1) is 12.9. The predicted octanol–water partition coefficient (Wildman–Crippen LogP) is 6.77. The minimum atomic E-state index is -0.290. The highest BCUT2D eigenvalue weighted by molar-refractivity contribution is 5.28. The van der Waals surface area contributed by atoms with E-state index in [1.54, 1.807) is 11.1 Å². The minimum absolute atomic E-state index is 0.290. The Balaban J connectivity index is 0.00000102. The zero-order chi connectivity index (χ0) is 19.8. The summed E-state index contributed by atoms with van der Waals surface area (Å²) in [7, 11) is 0. The van der Waals surface area contributed by atoms with Gasteiger partial charge in [0.25, 0.3) is 0 Å². The van der Waals surface area contributed by atoms with Gasteiger partial charge in [0, 0.05) is 12.8 Å². The van der Waals surface area contributed by atoms with Gasteiger partial charge in [-0.1, -0.05) is 65.3 Å². The van der Waals surface area contributed by atoms with Gasteiger partial charge in [-0.3, -0.25) is 0 Å². The molecule has 2 nitrogen and oxygen atoms in total. The van der Waals surface area contributed by atoms with E-state index in [0.29, 0.717) is 17.3 Å². The van der Waals surface area contributed by atoms with Crippen molar-refractivity contribution in [3.8, 4) is 0 Å². The van der Waals surface area contributed by atoms with Crippen molar-refractivity contribution in [3.63, 3.8) is 0 Å². The van der Waals surface area contributed by atoms with Gasteiger partial charge in [-0.25, -0.2) is 0 Å². The normalized spacial score (nSPS) is 40.1. The van der Waals surface area contributed by atoms with Crippen molar-refractivity contribution in [2.75, 3.05) is 13.2 Å². The molecule has 5 unspecified atom stereocenters. The second-order valence-electron chi connectivity index (χ2n) is 9.50. The van der Waals surface area contributed by atoms with Gasteiger partial charge < -0.3 is 9.47 Å². The third-order valence-electron chi connectivity index (χ3n) is 8.53. The molecule has 0 radical (unpaired) electrons. The van der Waals surface area contributed by atoms with Gasteiger partial charge in [0.15, 0.2) is 5.79 Å². The molecule has 4 rings (SSSR count). The Morgan fingerprint density at radius 2 is 1.85 bits per heavy atom. The second kappa shape index (κ2) is 8.03. The van der Waals surface area contributed by atoms with Gasteiger partial charge >= 0.3 is 0 Å². The van der Waals surface area contributed by atoms with Crippen LogP contribution in [0, 0.1) is 35.0 Å². The van der Waals surface area contributed by atoms with Crippen LogP contribution < -0.4 is 0 Å². The Bertz CT molecular complexity index is 569. The summed E-state index contributed by atoms with van der Waals surface area (Å²) in [5.74, 6) is 3.37. The molecule has 0 bridgehead atoms. The Hall–Kier alpha value is -0.600. The van der Waals surface area contributed by atoms with E-state index in [-0.39, 0.29) is 5.79 Å². The molecule has 0 aromatic rings. The molecule has 1 aliphatic heterocycles. The van der Waals surface area contributed by atoms with Crippen LogP contribution in [-0.2, 0) is 9.47 Å². The van der Waals surface area contributed by atoms with Crippen molar-refractivity contribution < 1.29 is 9.47 Å². The van der Waals surface area contributed by atoms with E-state index in [1.165, 1.54) is 25.7 Å². The SMILES string of the molecule is C=C1CC(CC)(C(C)C)C(C)C2CC=C3CC4(CCC3C12)OCCO4.CC. The first kappa shape index (κ1) is 21.1. The van der Waals surface area contributed by atoms with Crippen LogP contribution in [-0.4, -0.2) is 19.0 Å². The molecule has 4 aliphatic rings. The Morgan fingerprint density at radius 1 is 1.19 bits per heavy atom. The van der Waals surface area contributed by atoms with Gasteiger partial charge in [0.2, 0.25) is 0 Å². The van der Waals surface area contributed by atoms with Crippen LogP contribution in [0.15, 0.2) is 23.8 Å². The number of ether oxygens (including phenoxy) is 2. The first-order valence-electron chi connectivity index (χ1n) is 11.6. The summed E-state index contributed by atoms with van der Waals surface area (Å²) in [6.07, 6.45) is 9.55. The summed E-state index contributed by atoms with van der Waals surface area (Å²) in [6.45, 7) is 20.0. The molecule has 1 heterocycles. The van der Waals surface area contributed by atoms with E-state index in [1.807, 2.05) is 13.8 Å². The van der Waals surface area contributed by atoms with Crippen molar-refractivity contribution >= 4 is 0 Å². The van der Waals surface area contributed by atoms with Gasteiger partial charge in [0.1, 0.15) is 0 Å². The highest BCUT2D eigenvalue weighted by Gasteiger charge is 2.54. The third-order valence-corrected chi connectivity index (χ3v) is 8.53. The topological polar surface area (TPSA) is 18.5 Å². The number of rotatable bonds is 2. The minimum Gasteiger partial charge on any atom is -0.347 e. The van der Waals surface area contributed by atoms with Crippen molar-refractivity contribution in [3.05, 3.63) is 23.8 Å². The van der Waals surface area contributed by atoms with Gasteiger partial charge in [-0.05, 0) is 60.7 Å². The van der Waals surface area contributed by atoms with E-state index < -0.39 is 0 Å². The highest BCUT2D eigenvalue weighted by Crippen LogP contribution is 2.61. The molecule has 0 amide bonds. The standard InChI is InChI=1S/C23H36O2.C2H6/c1-6-22(15(2)3)13-16(4)21-19(17(22)5)8-7-18-14-23(10-9-20(18)21)24-11-12-25-23;1-2/h7,15,17,19-21H,4,6,8-14H2,1-3,5H3;1-2H3. The average Bonchev–Trinajstić information content (AvgIpc) is 3.12. The predicted molar refractivity (Wildman–Crippen MR) is 113 cm³/mol. The smallest absolute Gasteiger partial charge is 0.172 e. The zero-order valence-corrected chi connectivity index (χ0v) is 18.6. The molecule has 0 aromatic carbocycles. The third kappa shape index (κ3) is 3.35. The fraction of sp³-hybridized carbons (Fsp3) is 0.840. The number of fused-ring (bicyclic) bond motifs is 3. The molecule has 5 atom stereocenters. The van der Waals surface area contributed by atoms with E-state index in [0.717, 1.165) is 43.8 Å². The van der Waals surface area contributed by atoms with Crippen LogP contribution in [0.5, 0.6) is 0 Å². The van der Waals surface area contributed by atoms with Gasteiger partial charge in [0.05, 0.1) is 13.2 Å². The monoisotopic (exact) mass is 374 g/mol. The summed E-state index contributed by atoms with van der Waals surface area (Å²) in [5.41, 5.74) is 3.59. The van der Waals surface area contributed by atoms with Gasteiger partial charge in [-0.15, -0.1) is 0 Å². The number of hydrogen-bond donors (Lipinski definition) is 0. The van der Waals surface area contributed by atoms with Crippen LogP contribution in [0.2, 0.25) is 0 Å². The molecule has 154 valence electrons. The van der Waals surface area contributed by atoms with Crippen molar-refractivity contribution in [1.29, 1.82) is 0 Å². The molecular weight excluding hydrogens is 332 g/mol. The summed E-state index contributed by atoms with van der Waals surface area (Å²) >= 11 is 0. The van der Waals surface area contributed by atoms with Crippen LogP contribution >= 0.6 is 0 Å². The second-order valence-corrected chi connectivity index (χ2v) is 9.50. The number of allylic oxidation sites excluding steroid dienone is 2. The molecule has 2 heteroatoms. The molecule has 0 aromatic heterocycles. The Labute approximate surface area is 167 Å². The van der Waals surface area contributed by atoms with E-state index in [9.17, 15) is 0 Å². The molecule has 2 saturated carbocycles. The number of hydrogen-bond acceptors (Lipinski definition) is 2. The van der Waals surface area contributed by atoms with Crippen molar-refractivity contribution in [2.45, 2.75) is 85.9 Å². The summed E-state index contributed by atoms with van der Waals surface area (Å²) in [6, 6.07) is 0. The van der Waals surface area contributed by atoms with Gasteiger partial charge in [-0.2, -0.15) is 0 Å². The Morgan fingerprint density at radius 3 is 2.44 bits per heavy atom. The summed E-state index contributed by atoms with van der Waals surface area (Å²) in [5, 5.41) is 0. The lowest BCUT2D eigenvalue weighted by molar-refractivity contribution is -0.175. The lowest BCUT2D eigenvalue weighted by Crippen LogP contribution is -2.50. The van der Waals surface area contributed by atoms with E-state index in [2.05, 4.69) is 40.3 Å². The fourth-order valence-electron chi connectivity index (χ4n) is 7.02.